The zero-order valence-electron chi connectivity index (χ0n) is 11.1. The number of nitrogens with zero attached hydrogens (tertiary/aromatic N) is 2. The van der Waals surface area contributed by atoms with Gasteiger partial charge < -0.3 is 15.5 Å². The molecule has 0 aromatic carbocycles. The molecule has 1 fully saturated rings. The van der Waals surface area contributed by atoms with Crippen LogP contribution in [0.25, 0.3) is 0 Å². The fraction of sp³-hybridized carbons (Fsp3) is 0.833. The molecule has 1 aliphatic rings. The van der Waals surface area contributed by atoms with Gasteiger partial charge >= 0.3 is 6.01 Å². The van der Waals surface area contributed by atoms with Crippen LogP contribution in [-0.4, -0.2) is 27.7 Å². The summed E-state index contributed by atoms with van der Waals surface area (Å²) in [4.78, 5) is 0. The summed E-state index contributed by atoms with van der Waals surface area (Å²) in [6.45, 7) is 2.72. The van der Waals surface area contributed by atoms with Crippen LogP contribution in [0.1, 0.15) is 51.0 Å². The Hall–Kier alpha value is -0.750. The number of aromatic nitrogens is 2. The van der Waals surface area contributed by atoms with Gasteiger partial charge in [-0.3, -0.25) is 0 Å². The highest BCUT2D eigenvalue weighted by Gasteiger charge is 2.31. The third-order valence-electron chi connectivity index (χ3n) is 3.59. The van der Waals surface area contributed by atoms with E-state index in [1.54, 1.807) is 0 Å². The van der Waals surface area contributed by atoms with E-state index in [9.17, 15) is 0 Å². The van der Waals surface area contributed by atoms with Gasteiger partial charge in [-0.1, -0.05) is 24.4 Å². The highest BCUT2D eigenvalue weighted by atomic mass is 32.2. The minimum Gasteiger partial charge on any atom is -0.406 e. The average molecular weight is 270 g/mol. The lowest BCUT2D eigenvalue weighted by molar-refractivity contribution is 0.405. The van der Waals surface area contributed by atoms with Crippen LogP contribution >= 0.6 is 11.8 Å². The van der Waals surface area contributed by atoms with Gasteiger partial charge in [-0.15, -0.1) is 5.10 Å². The molecule has 1 aliphatic carbocycles. The van der Waals surface area contributed by atoms with Gasteiger partial charge in [0.05, 0.1) is 6.04 Å². The molecule has 0 bridgehead atoms. The van der Waals surface area contributed by atoms with Crippen molar-refractivity contribution >= 4 is 17.8 Å². The number of hydrogen-bond acceptors (Lipinski definition) is 6. The van der Waals surface area contributed by atoms with Crippen molar-refractivity contribution in [1.82, 2.24) is 10.2 Å². The first-order chi connectivity index (χ1) is 8.65. The average Bonchev–Trinajstić information content (AvgIpc) is 2.87. The number of rotatable bonds is 5. The fourth-order valence-electron chi connectivity index (χ4n) is 2.38. The Morgan fingerprint density at radius 1 is 1.39 bits per heavy atom. The number of anilines is 1. The molecule has 0 radical (unpaired) electrons. The highest BCUT2D eigenvalue weighted by molar-refractivity contribution is 8.00. The lowest BCUT2D eigenvalue weighted by Gasteiger charge is -2.35. The predicted octanol–water partition coefficient (Wildman–Crippen LogP) is 2.57. The molecule has 1 atom stereocenters. The molecule has 1 aromatic heterocycles. The normalized spacial score (nSPS) is 20.6. The molecule has 1 heterocycles. The Balaban J connectivity index is 1.92. The van der Waals surface area contributed by atoms with E-state index in [0.717, 1.165) is 6.54 Å². The fourth-order valence-corrected chi connectivity index (χ4v) is 3.29. The SMILES string of the molecule is CSC1(CNc2nnc(C(C)N)o2)CCCCC1. The maximum Gasteiger partial charge on any atom is 0.315 e. The topological polar surface area (TPSA) is 77.0 Å². The van der Waals surface area contributed by atoms with Gasteiger partial charge in [0.15, 0.2) is 0 Å². The second-order valence-corrected chi connectivity index (χ2v) is 6.31. The van der Waals surface area contributed by atoms with Gasteiger partial charge in [-0.05, 0) is 26.0 Å². The molecular formula is C12H22N4OS. The Bertz CT molecular complexity index is 374. The van der Waals surface area contributed by atoms with Crippen LogP contribution in [0.3, 0.4) is 0 Å². The first-order valence-corrected chi connectivity index (χ1v) is 7.76. The third kappa shape index (κ3) is 3.17. The van der Waals surface area contributed by atoms with Gasteiger partial charge in [0.2, 0.25) is 5.89 Å². The van der Waals surface area contributed by atoms with Crippen LogP contribution in [0.2, 0.25) is 0 Å². The zero-order valence-corrected chi connectivity index (χ0v) is 11.9. The smallest absolute Gasteiger partial charge is 0.315 e. The summed E-state index contributed by atoms with van der Waals surface area (Å²) in [6.07, 6.45) is 8.70. The van der Waals surface area contributed by atoms with Crippen molar-refractivity contribution in [3.05, 3.63) is 5.89 Å². The summed E-state index contributed by atoms with van der Waals surface area (Å²) in [5.41, 5.74) is 5.69. The van der Waals surface area contributed by atoms with E-state index in [1.807, 2.05) is 18.7 Å². The molecule has 2 rings (SSSR count). The third-order valence-corrected chi connectivity index (χ3v) is 5.01. The van der Waals surface area contributed by atoms with Crippen LogP contribution in [0.5, 0.6) is 0 Å². The highest BCUT2D eigenvalue weighted by Crippen LogP contribution is 2.38. The molecule has 18 heavy (non-hydrogen) atoms. The summed E-state index contributed by atoms with van der Waals surface area (Å²) >= 11 is 1.95. The minimum atomic E-state index is -0.211. The maximum atomic E-state index is 5.69. The number of nitrogens with one attached hydrogen (secondary N) is 1. The van der Waals surface area contributed by atoms with Crippen molar-refractivity contribution in [2.45, 2.75) is 49.8 Å². The Morgan fingerprint density at radius 2 is 2.11 bits per heavy atom. The summed E-state index contributed by atoms with van der Waals surface area (Å²) < 4.78 is 5.78. The first kappa shape index (κ1) is 13.7. The molecule has 0 saturated heterocycles. The second kappa shape index (κ2) is 5.93. The van der Waals surface area contributed by atoms with Crippen molar-refractivity contribution in [3.8, 4) is 0 Å². The molecule has 5 nitrogen and oxygen atoms in total. The van der Waals surface area contributed by atoms with Crippen LogP contribution in [-0.2, 0) is 0 Å². The van der Waals surface area contributed by atoms with Crippen LogP contribution in [0.15, 0.2) is 4.42 Å². The lowest BCUT2D eigenvalue weighted by Crippen LogP contribution is -2.35. The van der Waals surface area contributed by atoms with Crippen molar-refractivity contribution < 1.29 is 4.42 Å². The van der Waals surface area contributed by atoms with Gasteiger partial charge in [-0.2, -0.15) is 11.8 Å². The van der Waals surface area contributed by atoms with Crippen molar-refractivity contribution in [3.63, 3.8) is 0 Å². The zero-order chi connectivity index (χ0) is 13.0. The van der Waals surface area contributed by atoms with E-state index in [-0.39, 0.29) is 6.04 Å². The molecule has 1 saturated carbocycles. The molecular weight excluding hydrogens is 248 g/mol. The Labute approximate surface area is 112 Å². The number of nitrogens with two attached hydrogens (primary N) is 1. The molecule has 0 amide bonds. The molecule has 6 heteroatoms. The second-order valence-electron chi connectivity index (χ2n) is 5.04. The summed E-state index contributed by atoms with van der Waals surface area (Å²) in [5.74, 6) is 0.486. The van der Waals surface area contributed by atoms with Gasteiger partial charge in [0, 0.05) is 11.3 Å². The van der Waals surface area contributed by atoms with Crippen molar-refractivity contribution in [2.24, 2.45) is 5.73 Å². The largest absolute Gasteiger partial charge is 0.406 e. The Morgan fingerprint density at radius 3 is 2.67 bits per heavy atom. The molecule has 0 aliphatic heterocycles. The van der Waals surface area contributed by atoms with Crippen LogP contribution in [0.4, 0.5) is 6.01 Å². The molecule has 1 unspecified atom stereocenters. The van der Waals surface area contributed by atoms with Crippen molar-refractivity contribution in [1.29, 1.82) is 0 Å². The molecule has 1 aromatic rings. The molecule has 3 N–H and O–H groups in total. The van der Waals surface area contributed by atoms with E-state index in [4.69, 9.17) is 10.2 Å². The summed E-state index contributed by atoms with van der Waals surface area (Å²) in [6, 6.07) is 0.276. The molecule has 102 valence electrons. The van der Waals surface area contributed by atoms with Gasteiger partial charge in [-0.25, -0.2) is 0 Å². The summed E-state index contributed by atoms with van der Waals surface area (Å²) in [5, 5.41) is 11.2. The van der Waals surface area contributed by atoms with E-state index in [2.05, 4.69) is 21.8 Å². The number of hydrogen-bond donors (Lipinski definition) is 2. The minimum absolute atomic E-state index is 0.211. The predicted molar refractivity (Wildman–Crippen MR) is 74.7 cm³/mol. The Kier molecular flexibility index (Phi) is 4.50. The van der Waals surface area contributed by atoms with E-state index in [0.29, 0.717) is 16.7 Å². The monoisotopic (exact) mass is 270 g/mol. The van der Waals surface area contributed by atoms with Gasteiger partial charge in [0.1, 0.15) is 0 Å². The maximum absolute atomic E-state index is 5.69. The lowest BCUT2D eigenvalue weighted by atomic mass is 9.88. The van der Waals surface area contributed by atoms with Crippen LogP contribution < -0.4 is 11.1 Å². The van der Waals surface area contributed by atoms with E-state index < -0.39 is 0 Å². The first-order valence-electron chi connectivity index (χ1n) is 6.53. The standard InChI is InChI=1S/C12H22N4OS/c1-9(13)10-15-16-11(17-10)14-8-12(18-2)6-4-3-5-7-12/h9H,3-8,13H2,1-2H3,(H,14,16). The quantitative estimate of drug-likeness (QED) is 0.856. The van der Waals surface area contributed by atoms with Crippen molar-refractivity contribution in [2.75, 3.05) is 18.1 Å². The van der Waals surface area contributed by atoms with E-state index in [1.165, 1.54) is 32.1 Å². The van der Waals surface area contributed by atoms with E-state index >= 15 is 0 Å². The number of thioether (sulfide) groups is 1. The van der Waals surface area contributed by atoms with Gasteiger partial charge in [0.25, 0.3) is 0 Å². The van der Waals surface area contributed by atoms with Crippen LogP contribution in [0, 0.1) is 0 Å². The molecule has 0 spiro atoms. The summed E-state index contributed by atoms with van der Waals surface area (Å²) in [7, 11) is 0.